The SMILES string of the molecule is CCOC(=O)/C=C(\C)NC(=O)C(C)n1nc(C)c([N+](=O)[O-])c1C. The van der Waals surface area contributed by atoms with Crippen LogP contribution in [0.1, 0.15) is 38.2 Å². The molecule has 1 heterocycles. The minimum Gasteiger partial charge on any atom is -0.463 e. The molecule has 0 bridgehead atoms. The van der Waals surface area contributed by atoms with E-state index in [1.165, 1.54) is 18.5 Å². The number of esters is 1. The van der Waals surface area contributed by atoms with Gasteiger partial charge < -0.3 is 10.1 Å². The fourth-order valence-electron chi connectivity index (χ4n) is 2.10. The van der Waals surface area contributed by atoms with Crippen molar-refractivity contribution in [3.8, 4) is 0 Å². The highest BCUT2D eigenvalue weighted by Crippen LogP contribution is 2.24. The number of rotatable bonds is 6. The van der Waals surface area contributed by atoms with Gasteiger partial charge in [0.25, 0.3) is 0 Å². The van der Waals surface area contributed by atoms with E-state index in [2.05, 4.69) is 10.4 Å². The standard InChI is InChI=1S/C14H20N4O5/c1-6-23-12(19)7-8(2)15-14(20)11(5)17-10(4)13(18(21)22)9(3)16-17/h7,11H,6H2,1-5H3,(H,15,20)/b8-7+. The Bertz CT molecular complexity index is 662. The van der Waals surface area contributed by atoms with Crippen LogP contribution >= 0.6 is 0 Å². The first-order valence-electron chi connectivity index (χ1n) is 7.05. The van der Waals surface area contributed by atoms with Gasteiger partial charge in [0.1, 0.15) is 17.4 Å². The molecule has 1 N–H and O–H groups in total. The number of aromatic nitrogens is 2. The maximum atomic E-state index is 12.2. The molecule has 1 aromatic heterocycles. The first-order chi connectivity index (χ1) is 10.7. The number of aryl methyl sites for hydroxylation is 1. The van der Waals surface area contributed by atoms with E-state index in [-0.39, 0.29) is 18.0 Å². The van der Waals surface area contributed by atoms with Crippen LogP contribution in [0.15, 0.2) is 11.8 Å². The molecule has 0 spiro atoms. The largest absolute Gasteiger partial charge is 0.463 e. The third kappa shape index (κ3) is 4.38. The number of hydrogen-bond acceptors (Lipinski definition) is 6. The Morgan fingerprint density at radius 3 is 2.57 bits per heavy atom. The number of nitro groups is 1. The molecule has 1 unspecified atom stereocenters. The summed E-state index contributed by atoms with van der Waals surface area (Å²) in [7, 11) is 0. The number of amides is 1. The predicted molar refractivity (Wildman–Crippen MR) is 81.6 cm³/mol. The number of hydrogen-bond donors (Lipinski definition) is 1. The molecule has 1 aromatic rings. The summed E-state index contributed by atoms with van der Waals surface area (Å²) in [6.07, 6.45) is 1.16. The molecule has 0 saturated carbocycles. The highest BCUT2D eigenvalue weighted by Gasteiger charge is 2.27. The number of carbonyl (C=O) groups excluding carboxylic acids is 2. The smallest absolute Gasteiger partial charge is 0.332 e. The summed E-state index contributed by atoms with van der Waals surface area (Å²) in [6.45, 7) is 8.07. The Balaban J connectivity index is 2.92. The van der Waals surface area contributed by atoms with Crippen LogP contribution in [-0.2, 0) is 14.3 Å². The molecule has 23 heavy (non-hydrogen) atoms. The fraction of sp³-hybridized carbons (Fsp3) is 0.500. The molecule has 0 aliphatic carbocycles. The minimum absolute atomic E-state index is 0.108. The van der Waals surface area contributed by atoms with E-state index < -0.39 is 22.8 Å². The van der Waals surface area contributed by atoms with Crippen LogP contribution in [0, 0.1) is 24.0 Å². The van der Waals surface area contributed by atoms with Gasteiger partial charge >= 0.3 is 11.7 Å². The van der Waals surface area contributed by atoms with E-state index in [0.29, 0.717) is 11.4 Å². The molecule has 1 atom stereocenters. The normalized spacial score (nSPS) is 12.7. The second-order valence-corrected chi connectivity index (χ2v) is 4.97. The van der Waals surface area contributed by atoms with Crippen LogP contribution in [0.4, 0.5) is 5.69 Å². The second kappa shape index (κ2) is 7.52. The zero-order chi connectivity index (χ0) is 17.7. The molecular formula is C14H20N4O5. The summed E-state index contributed by atoms with van der Waals surface area (Å²) < 4.78 is 6.04. The van der Waals surface area contributed by atoms with Crippen LogP contribution in [0.5, 0.6) is 0 Å². The van der Waals surface area contributed by atoms with Gasteiger partial charge in [0.2, 0.25) is 5.91 Å². The van der Waals surface area contributed by atoms with Gasteiger partial charge in [-0.2, -0.15) is 5.10 Å². The van der Waals surface area contributed by atoms with Gasteiger partial charge in [-0.05, 0) is 34.6 Å². The number of allylic oxidation sites excluding steroid dienone is 1. The number of nitrogens with one attached hydrogen (secondary N) is 1. The first-order valence-corrected chi connectivity index (χ1v) is 7.05. The van der Waals surface area contributed by atoms with E-state index in [1.54, 1.807) is 20.8 Å². The lowest BCUT2D eigenvalue weighted by molar-refractivity contribution is -0.386. The van der Waals surface area contributed by atoms with Gasteiger partial charge in [-0.1, -0.05) is 0 Å². The van der Waals surface area contributed by atoms with Crippen molar-refractivity contribution in [2.75, 3.05) is 6.61 Å². The van der Waals surface area contributed by atoms with Crippen LogP contribution < -0.4 is 5.32 Å². The summed E-state index contributed by atoms with van der Waals surface area (Å²) in [5.41, 5.74) is 0.743. The van der Waals surface area contributed by atoms with Crippen molar-refractivity contribution >= 4 is 17.6 Å². The van der Waals surface area contributed by atoms with E-state index in [9.17, 15) is 19.7 Å². The van der Waals surface area contributed by atoms with E-state index >= 15 is 0 Å². The van der Waals surface area contributed by atoms with Crippen LogP contribution in [-0.4, -0.2) is 33.2 Å². The Morgan fingerprint density at radius 2 is 2.09 bits per heavy atom. The number of ether oxygens (including phenoxy) is 1. The first kappa shape index (κ1) is 18.3. The summed E-state index contributed by atoms with van der Waals surface area (Å²) in [5.74, 6) is -0.997. The zero-order valence-corrected chi connectivity index (χ0v) is 13.7. The van der Waals surface area contributed by atoms with Crippen molar-refractivity contribution < 1.29 is 19.2 Å². The lowest BCUT2D eigenvalue weighted by Gasteiger charge is -2.14. The van der Waals surface area contributed by atoms with Crippen molar-refractivity contribution in [3.63, 3.8) is 0 Å². The van der Waals surface area contributed by atoms with Crippen LogP contribution in [0.2, 0.25) is 0 Å². The zero-order valence-electron chi connectivity index (χ0n) is 13.7. The molecule has 9 nitrogen and oxygen atoms in total. The number of carbonyl (C=O) groups is 2. The molecular weight excluding hydrogens is 304 g/mol. The molecule has 1 rings (SSSR count). The van der Waals surface area contributed by atoms with Gasteiger partial charge in [-0.15, -0.1) is 0 Å². The molecule has 0 aliphatic rings. The molecule has 0 aliphatic heterocycles. The Morgan fingerprint density at radius 1 is 1.48 bits per heavy atom. The monoisotopic (exact) mass is 324 g/mol. The third-order valence-electron chi connectivity index (χ3n) is 3.16. The highest BCUT2D eigenvalue weighted by atomic mass is 16.6. The van der Waals surface area contributed by atoms with Crippen LogP contribution in [0.25, 0.3) is 0 Å². The van der Waals surface area contributed by atoms with Crippen molar-refractivity contribution in [2.45, 2.75) is 40.7 Å². The molecule has 9 heteroatoms. The summed E-state index contributed by atoms with van der Waals surface area (Å²) >= 11 is 0. The van der Waals surface area contributed by atoms with Gasteiger partial charge in [-0.25, -0.2) is 4.79 Å². The Labute approximate surface area is 133 Å². The van der Waals surface area contributed by atoms with Gasteiger partial charge in [0, 0.05) is 11.8 Å². The maximum Gasteiger partial charge on any atom is 0.332 e. The molecule has 0 fully saturated rings. The quantitative estimate of drug-likeness (QED) is 0.367. The van der Waals surface area contributed by atoms with Crippen molar-refractivity contribution in [1.82, 2.24) is 15.1 Å². The second-order valence-electron chi connectivity index (χ2n) is 4.97. The minimum atomic E-state index is -0.770. The average molecular weight is 324 g/mol. The maximum absolute atomic E-state index is 12.2. The fourth-order valence-corrected chi connectivity index (χ4v) is 2.10. The summed E-state index contributed by atoms with van der Waals surface area (Å²) in [4.78, 5) is 34.0. The molecule has 1 amide bonds. The third-order valence-corrected chi connectivity index (χ3v) is 3.16. The van der Waals surface area contributed by atoms with Crippen LogP contribution in [0.3, 0.4) is 0 Å². The molecule has 0 aromatic carbocycles. The van der Waals surface area contributed by atoms with E-state index in [0.717, 1.165) is 6.08 Å². The van der Waals surface area contributed by atoms with Crippen molar-refractivity contribution in [2.24, 2.45) is 0 Å². The lowest BCUT2D eigenvalue weighted by atomic mass is 10.2. The predicted octanol–water partition coefficient (Wildman–Crippen LogP) is 1.55. The Kier molecular flexibility index (Phi) is 6.00. The molecule has 0 saturated heterocycles. The lowest BCUT2D eigenvalue weighted by Crippen LogP contribution is -2.31. The summed E-state index contributed by atoms with van der Waals surface area (Å²) in [6, 6.07) is -0.770. The summed E-state index contributed by atoms with van der Waals surface area (Å²) in [5, 5.41) is 17.6. The van der Waals surface area contributed by atoms with E-state index in [1.807, 2.05) is 0 Å². The van der Waals surface area contributed by atoms with Gasteiger partial charge in [0.05, 0.1) is 11.5 Å². The van der Waals surface area contributed by atoms with Crippen molar-refractivity contribution in [3.05, 3.63) is 33.3 Å². The van der Waals surface area contributed by atoms with Gasteiger partial charge in [-0.3, -0.25) is 19.6 Å². The van der Waals surface area contributed by atoms with Gasteiger partial charge in [0.15, 0.2) is 0 Å². The van der Waals surface area contributed by atoms with Crippen molar-refractivity contribution in [1.29, 1.82) is 0 Å². The molecule has 0 radical (unpaired) electrons. The Hall–Kier alpha value is -2.71. The van der Waals surface area contributed by atoms with E-state index in [4.69, 9.17) is 4.74 Å². The highest BCUT2D eigenvalue weighted by molar-refractivity contribution is 5.86. The number of nitrogens with zero attached hydrogens (tertiary/aromatic N) is 3. The average Bonchev–Trinajstić information content (AvgIpc) is 2.72. The molecule has 126 valence electrons. The topological polar surface area (TPSA) is 116 Å².